The Morgan fingerprint density at radius 2 is 1.87 bits per heavy atom. The fraction of sp³-hybridized carbons (Fsp3) is 0.875. The lowest BCUT2D eigenvalue weighted by atomic mass is 10.4. The van der Waals surface area contributed by atoms with Crippen LogP contribution in [0.1, 0.15) is 19.8 Å². The first kappa shape index (κ1) is 12.4. The number of hydrogen-bond donors (Lipinski definition) is 1. The van der Waals surface area contributed by atoms with Gasteiger partial charge in [0.1, 0.15) is 6.04 Å². The molecule has 1 aliphatic heterocycles. The minimum absolute atomic E-state index is 0.485. The monoisotopic (exact) mass is 236 g/mol. The van der Waals surface area contributed by atoms with Gasteiger partial charge in [0.2, 0.25) is 0 Å². The van der Waals surface area contributed by atoms with Crippen LogP contribution in [0, 0.1) is 0 Å². The van der Waals surface area contributed by atoms with Crippen LogP contribution in [0.2, 0.25) is 0 Å². The van der Waals surface area contributed by atoms with Crippen LogP contribution in [0.4, 0.5) is 0 Å². The lowest BCUT2D eigenvalue weighted by molar-refractivity contribution is -0.140. The summed E-state index contributed by atoms with van der Waals surface area (Å²) < 4.78 is 26.0. The van der Waals surface area contributed by atoms with E-state index in [1.807, 2.05) is 0 Å². The van der Waals surface area contributed by atoms with Crippen molar-refractivity contribution in [1.82, 2.24) is 8.61 Å². The molecule has 1 heterocycles. The van der Waals surface area contributed by atoms with Crippen LogP contribution in [0.25, 0.3) is 0 Å². The van der Waals surface area contributed by atoms with Crippen molar-refractivity contribution in [1.29, 1.82) is 0 Å². The van der Waals surface area contributed by atoms with Gasteiger partial charge in [-0.05, 0) is 19.8 Å². The van der Waals surface area contributed by atoms with Gasteiger partial charge in [-0.1, -0.05) is 0 Å². The Morgan fingerprint density at radius 1 is 1.40 bits per heavy atom. The van der Waals surface area contributed by atoms with Gasteiger partial charge in [0.25, 0.3) is 10.2 Å². The third-order valence-electron chi connectivity index (χ3n) is 2.66. The highest BCUT2D eigenvalue weighted by Gasteiger charge is 2.34. The number of carboxylic acids is 1. The molecule has 0 aliphatic carbocycles. The molecule has 0 aromatic rings. The molecule has 0 aromatic carbocycles. The van der Waals surface area contributed by atoms with Gasteiger partial charge in [0.05, 0.1) is 0 Å². The van der Waals surface area contributed by atoms with Crippen molar-refractivity contribution in [2.75, 3.05) is 20.1 Å². The zero-order valence-electron chi connectivity index (χ0n) is 8.88. The van der Waals surface area contributed by atoms with Crippen molar-refractivity contribution in [3.63, 3.8) is 0 Å². The van der Waals surface area contributed by atoms with Gasteiger partial charge in [-0.25, -0.2) is 0 Å². The SMILES string of the molecule is CC(C(=O)O)N(C)S(=O)(=O)N1CCCC1. The zero-order chi connectivity index (χ0) is 11.6. The molecular weight excluding hydrogens is 220 g/mol. The van der Waals surface area contributed by atoms with E-state index in [0.29, 0.717) is 13.1 Å². The second-order valence-electron chi connectivity index (χ2n) is 3.64. The maximum absolute atomic E-state index is 11.9. The molecule has 1 atom stereocenters. The maximum Gasteiger partial charge on any atom is 0.321 e. The molecule has 1 saturated heterocycles. The predicted octanol–water partition coefficient (Wildman–Crippen LogP) is -0.268. The molecule has 0 amide bonds. The average Bonchev–Trinajstić information content (AvgIpc) is 2.68. The fourth-order valence-electron chi connectivity index (χ4n) is 1.46. The normalized spacial score (nSPS) is 20.7. The van der Waals surface area contributed by atoms with E-state index in [1.165, 1.54) is 18.3 Å². The van der Waals surface area contributed by atoms with Crippen molar-refractivity contribution in [3.8, 4) is 0 Å². The van der Waals surface area contributed by atoms with Crippen molar-refractivity contribution in [3.05, 3.63) is 0 Å². The molecule has 0 spiro atoms. The largest absolute Gasteiger partial charge is 0.480 e. The van der Waals surface area contributed by atoms with Crippen LogP contribution in [0.5, 0.6) is 0 Å². The van der Waals surface area contributed by atoms with Crippen LogP contribution in [0.3, 0.4) is 0 Å². The van der Waals surface area contributed by atoms with E-state index in [0.717, 1.165) is 17.1 Å². The van der Waals surface area contributed by atoms with Crippen LogP contribution in [-0.2, 0) is 15.0 Å². The molecule has 1 N–H and O–H groups in total. The molecule has 1 unspecified atom stereocenters. The molecule has 7 heteroatoms. The Labute approximate surface area is 89.7 Å². The Bertz CT molecular complexity index is 335. The molecule has 0 radical (unpaired) electrons. The zero-order valence-corrected chi connectivity index (χ0v) is 9.70. The molecule has 0 saturated carbocycles. The summed E-state index contributed by atoms with van der Waals surface area (Å²) in [7, 11) is -2.30. The van der Waals surface area contributed by atoms with Gasteiger partial charge in [0, 0.05) is 20.1 Å². The Morgan fingerprint density at radius 3 is 2.27 bits per heavy atom. The van der Waals surface area contributed by atoms with Crippen molar-refractivity contribution in [2.24, 2.45) is 0 Å². The van der Waals surface area contributed by atoms with E-state index in [1.54, 1.807) is 0 Å². The lowest BCUT2D eigenvalue weighted by Gasteiger charge is -2.26. The van der Waals surface area contributed by atoms with Gasteiger partial charge < -0.3 is 5.11 Å². The standard InChI is InChI=1S/C8H16N2O4S/c1-7(8(11)12)9(2)15(13,14)10-5-3-4-6-10/h7H,3-6H2,1-2H3,(H,11,12). The molecule has 1 fully saturated rings. The molecular formula is C8H16N2O4S. The summed E-state index contributed by atoms with van der Waals surface area (Å²) in [5.74, 6) is -1.14. The third-order valence-corrected chi connectivity index (χ3v) is 4.72. The molecule has 0 aromatic heterocycles. The fourth-order valence-corrected chi connectivity index (χ4v) is 3.03. The number of hydrogen-bond acceptors (Lipinski definition) is 3. The summed E-state index contributed by atoms with van der Waals surface area (Å²) in [4.78, 5) is 10.7. The van der Waals surface area contributed by atoms with Crippen LogP contribution >= 0.6 is 0 Å². The molecule has 15 heavy (non-hydrogen) atoms. The van der Waals surface area contributed by atoms with Gasteiger partial charge >= 0.3 is 5.97 Å². The topological polar surface area (TPSA) is 77.9 Å². The lowest BCUT2D eigenvalue weighted by Crippen LogP contribution is -2.47. The highest BCUT2D eigenvalue weighted by Crippen LogP contribution is 2.16. The van der Waals surface area contributed by atoms with E-state index in [2.05, 4.69) is 0 Å². The Hall–Kier alpha value is -0.660. The average molecular weight is 236 g/mol. The first-order valence-electron chi connectivity index (χ1n) is 4.83. The first-order valence-corrected chi connectivity index (χ1v) is 6.23. The predicted molar refractivity (Wildman–Crippen MR) is 54.6 cm³/mol. The highest BCUT2D eigenvalue weighted by atomic mass is 32.2. The number of carbonyl (C=O) groups is 1. The summed E-state index contributed by atoms with van der Waals surface area (Å²) >= 11 is 0. The van der Waals surface area contributed by atoms with Crippen molar-refractivity contribution in [2.45, 2.75) is 25.8 Å². The maximum atomic E-state index is 11.9. The van der Waals surface area contributed by atoms with E-state index in [9.17, 15) is 13.2 Å². The smallest absolute Gasteiger partial charge is 0.321 e. The molecule has 6 nitrogen and oxygen atoms in total. The number of carboxylic acid groups (broad SMARTS) is 1. The summed E-state index contributed by atoms with van der Waals surface area (Å²) in [6, 6.07) is -1.03. The molecule has 0 bridgehead atoms. The van der Waals surface area contributed by atoms with E-state index >= 15 is 0 Å². The Balaban J connectivity index is 2.80. The van der Waals surface area contributed by atoms with Crippen LogP contribution in [-0.4, -0.2) is 54.3 Å². The van der Waals surface area contributed by atoms with Gasteiger partial charge in [0.15, 0.2) is 0 Å². The van der Waals surface area contributed by atoms with Gasteiger partial charge in [-0.3, -0.25) is 4.79 Å². The second-order valence-corrected chi connectivity index (χ2v) is 5.63. The molecule has 1 rings (SSSR count). The van der Waals surface area contributed by atoms with Crippen LogP contribution < -0.4 is 0 Å². The van der Waals surface area contributed by atoms with Crippen molar-refractivity contribution >= 4 is 16.2 Å². The first-order chi connectivity index (χ1) is 6.87. The summed E-state index contributed by atoms with van der Waals surface area (Å²) in [6.45, 7) is 2.33. The van der Waals surface area contributed by atoms with Crippen LogP contribution in [0.15, 0.2) is 0 Å². The van der Waals surface area contributed by atoms with E-state index in [4.69, 9.17) is 5.11 Å². The quantitative estimate of drug-likeness (QED) is 0.729. The third kappa shape index (κ3) is 2.47. The highest BCUT2D eigenvalue weighted by molar-refractivity contribution is 7.86. The van der Waals surface area contributed by atoms with E-state index in [-0.39, 0.29) is 0 Å². The number of rotatable bonds is 4. The minimum Gasteiger partial charge on any atom is -0.480 e. The van der Waals surface area contributed by atoms with Gasteiger partial charge in [-0.15, -0.1) is 0 Å². The number of likely N-dealkylation sites (N-methyl/N-ethyl adjacent to an activating group) is 1. The Kier molecular flexibility index (Phi) is 3.69. The second kappa shape index (κ2) is 4.46. The molecule has 88 valence electrons. The molecule has 1 aliphatic rings. The number of nitrogens with zero attached hydrogens (tertiary/aromatic N) is 2. The minimum atomic E-state index is -3.60. The summed E-state index contributed by atoms with van der Waals surface area (Å²) in [6.07, 6.45) is 1.68. The van der Waals surface area contributed by atoms with E-state index < -0.39 is 22.2 Å². The van der Waals surface area contributed by atoms with Crippen molar-refractivity contribution < 1.29 is 18.3 Å². The summed E-state index contributed by atoms with van der Waals surface area (Å²) in [5.41, 5.74) is 0. The van der Waals surface area contributed by atoms with Gasteiger partial charge in [-0.2, -0.15) is 17.0 Å². The summed E-state index contributed by atoms with van der Waals surface area (Å²) in [5, 5.41) is 8.73. The number of aliphatic carboxylic acids is 1.